The van der Waals surface area contributed by atoms with Gasteiger partial charge in [0, 0.05) is 6.42 Å². The monoisotopic (exact) mass is 460 g/mol. The number of aliphatic carboxylic acids is 2. The molecule has 0 spiro atoms. The molecule has 0 aliphatic rings. The molecule has 0 radical (unpaired) electrons. The Morgan fingerprint density at radius 3 is 1.75 bits per heavy atom. The van der Waals surface area contributed by atoms with Crippen LogP contribution in [0.5, 0.6) is 0 Å². The van der Waals surface area contributed by atoms with Crippen LogP contribution in [0.3, 0.4) is 0 Å². The second-order valence-electron chi connectivity index (χ2n) is 8.53. The Labute approximate surface area is 187 Å². The van der Waals surface area contributed by atoms with Gasteiger partial charge in [-0.3, -0.25) is 19.2 Å². The van der Waals surface area contributed by atoms with Gasteiger partial charge in [-0.2, -0.15) is 0 Å². The van der Waals surface area contributed by atoms with Crippen molar-refractivity contribution in [3.63, 3.8) is 0 Å². The molecule has 8 N–H and O–H groups in total. The maximum Gasteiger partial charge on any atom is 0.326 e. The van der Waals surface area contributed by atoms with Crippen LogP contribution >= 0.6 is 0 Å². The maximum absolute atomic E-state index is 12.8. The predicted octanol–water partition coefficient (Wildman–Crippen LogP) is -1.20. The Kier molecular flexibility index (Phi) is 12.5. The molecule has 0 bridgehead atoms. The normalized spacial score (nSPS) is 15.9. The van der Waals surface area contributed by atoms with Crippen molar-refractivity contribution in [1.29, 1.82) is 0 Å². The number of aliphatic hydroxyl groups excluding tert-OH is 1. The molecule has 0 aromatic heterocycles. The zero-order chi connectivity index (χ0) is 25.2. The van der Waals surface area contributed by atoms with Crippen LogP contribution in [-0.2, 0) is 24.0 Å². The molecule has 0 saturated carbocycles. The summed E-state index contributed by atoms with van der Waals surface area (Å²) in [6.07, 6.45) is -1.61. The van der Waals surface area contributed by atoms with Gasteiger partial charge in [0.25, 0.3) is 0 Å². The van der Waals surface area contributed by atoms with Crippen LogP contribution in [0.15, 0.2) is 0 Å². The molecule has 0 rings (SSSR count). The average molecular weight is 461 g/mol. The van der Waals surface area contributed by atoms with Crippen LogP contribution < -0.4 is 21.7 Å². The van der Waals surface area contributed by atoms with E-state index in [0.29, 0.717) is 0 Å². The predicted molar refractivity (Wildman–Crippen MR) is 114 cm³/mol. The van der Waals surface area contributed by atoms with Crippen LogP contribution in [0, 0.1) is 11.8 Å². The van der Waals surface area contributed by atoms with E-state index in [-0.39, 0.29) is 25.2 Å². The molecule has 0 aliphatic carbocycles. The molecule has 3 amide bonds. The molecule has 5 unspecified atom stereocenters. The van der Waals surface area contributed by atoms with Gasteiger partial charge >= 0.3 is 11.9 Å². The van der Waals surface area contributed by atoms with Crippen LogP contribution in [0.4, 0.5) is 0 Å². The standard InChI is InChI=1S/C20H36N4O8/c1-9(2)8-13(22-17(28)12(21)6-7-14(26)27)18(29)24-16(11(5)25)19(30)23-15(10(3)4)20(31)32/h9-13,15-16,25H,6-8,21H2,1-5H3,(H,22,28)(H,23,30)(H,24,29)(H,26,27)(H,31,32). The minimum absolute atomic E-state index is 0.0440. The summed E-state index contributed by atoms with van der Waals surface area (Å²) in [4.78, 5) is 59.7. The van der Waals surface area contributed by atoms with Gasteiger partial charge in [0.15, 0.2) is 0 Å². The fourth-order valence-corrected chi connectivity index (χ4v) is 2.81. The fraction of sp³-hybridized carbons (Fsp3) is 0.750. The summed E-state index contributed by atoms with van der Waals surface area (Å²) < 4.78 is 0. The number of carboxylic acid groups (broad SMARTS) is 2. The molecule has 0 aromatic carbocycles. The molecule has 0 heterocycles. The minimum Gasteiger partial charge on any atom is -0.481 e. The van der Waals surface area contributed by atoms with Gasteiger partial charge in [-0.05, 0) is 31.6 Å². The van der Waals surface area contributed by atoms with E-state index in [1.165, 1.54) is 6.92 Å². The lowest BCUT2D eigenvalue weighted by Crippen LogP contribution is -2.60. The maximum atomic E-state index is 12.8. The average Bonchev–Trinajstić information content (AvgIpc) is 2.65. The summed E-state index contributed by atoms with van der Waals surface area (Å²) >= 11 is 0. The Hall–Kier alpha value is -2.73. The molecule has 12 heteroatoms. The van der Waals surface area contributed by atoms with Crippen molar-refractivity contribution in [1.82, 2.24) is 16.0 Å². The van der Waals surface area contributed by atoms with Crippen molar-refractivity contribution in [2.24, 2.45) is 17.6 Å². The van der Waals surface area contributed by atoms with E-state index in [2.05, 4.69) is 16.0 Å². The molecule has 12 nitrogen and oxygen atoms in total. The molecule has 0 aliphatic heterocycles. The Morgan fingerprint density at radius 1 is 0.812 bits per heavy atom. The van der Waals surface area contributed by atoms with E-state index in [0.717, 1.165) is 0 Å². The second kappa shape index (κ2) is 13.6. The quantitative estimate of drug-likeness (QED) is 0.166. The first-order valence-corrected chi connectivity index (χ1v) is 10.5. The Balaban J connectivity index is 5.39. The molecule has 5 atom stereocenters. The number of amides is 3. The molecule has 0 fully saturated rings. The highest BCUT2D eigenvalue weighted by Crippen LogP contribution is 2.08. The minimum atomic E-state index is -1.46. The van der Waals surface area contributed by atoms with Gasteiger partial charge in [-0.25, -0.2) is 4.79 Å². The van der Waals surface area contributed by atoms with Crippen molar-refractivity contribution < 1.29 is 39.3 Å². The first-order valence-electron chi connectivity index (χ1n) is 10.5. The van der Waals surface area contributed by atoms with Gasteiger partial charge in [0.2, 0.25) is 17.7 Å². The molecule has 0 aromatic rings. The van der Waals surface area contributed by atoms with Crippen molar-refractivity contribution in [3.05, 3.63) is 0 Å². The number of carboxylic acids is 2. The summed E-state index contributed by atoms with van der Waals surface area (Å²) in [6.45, 7) is 8.05. The summed E-state index contributed by atoms with van der Waals surface area (Å²) in [5.74, 6) is -5.24. The number of carbonyl (C=O) groups is 5. The lowest BCUT2D eigenvalue weighted by atomic mass is 10.0. The van der Waals surface area contributed by atoms with Crippen LogP contribution in [0.25, 0.3) is 0 Å². The highest BCUT2D eigenvalue weighted by Gasteiger charge is 2.33. The number of hydrogen-bond acceptors (Lipinski definition) is 7. The van der Waals surface area contributed by atoms with Crippen LogP contribution in [0.2, 0.25) is 0 Å². The van der Waals surface area contributed by atoms with Crippen molar-refractivity contribution in [2.75, 3.05) is 0 Å². The van der Waals surface area contributed by atoms with Crippen molar-refractivity contribution >= 4 is 29.7 Å². The fourth-order valence-electron chi connectivity index (χ4n) is 2.81. The second-order valence-corrected chi connectivity index (χ2v) is 8.53. The van der Waals surface area contributed by atoms with Crippen molar-refractivity contribution in [2.45, 2.75) is 84.2 Å². The first kappa shape index (κ1) is 29.3. The summed E-state index contributed by atoms with van der Waals surface area (Å²) in [7, 11) is 0. The topological polar surface area (TPSA) is 208 Å². The number of hydrogen-bond donors (Lipinski definition) is 7. The Morgan fingerprint density at radius 2 is 1.34 bits per heavy atom. The lowest BCUT2D eigenvalue weighted by Gasteiger charge is -2.27. The van der Waals surface area contributed by atoms with E-state index in [1.807, 2.05) is 0 Å². The summed E-state index contributed by atoms with van der Waals surface area (Å²) in [5, 5.41) is 35.1. The third-order valence-corrected chi connectivity index (χ3v) is 4.64. The highest BCUT2D eigenvalue weighted by atomic mass is 16.4. The highest BCUT2D eigenvalue weighted by molar-refractivity contribution is 5.94. The van der Waals surface area contributed by atoms with E-state index in [9.17, 15) is 34.2 Å². The summed E-state index contributed by atoms with van der Waals surface area (Å²) in [5.41, 5.74) is 5.69. The van der Waals surface area contributed by atoms with E-state index in [1.54, 1.807) is 27.7 Å². The summed E-state index contributed by atoms with van der Waals surface area (Å²) in [6, 6.07) is -4.94. The van der Waals surface area contributed by atoms with E-state index >= 15 is 0 Å². The molecular formula is C20H36N4O8. The SMILES string of the molecule is CC(C)CC(NC(=O)C(N)CCC(=O)O)C(=O)NC(C(=O)NC(C(=O)O)C(C)C)C(C)O. The van der Waals surface area contributed by atoms with Crippen LogP contribution in [0.1, 0.15) is 53.9 Å². The van der Waals surface area contributed by atoms with Gasteiger partial charge in [-0.1, -0.05) is 27.7 Å². The van der Waals surface area contributed by atoms with Crippen molar-refractivity contribution in [3.8, 4) is 0 Å². The third kappa shape index (κ3) is 10.5. The van der Waals surface area contributed by atoms with Gasteiger partial charge in [0.05, 0.1) is 12.1 Å². The van der Waals surface area contributed by atoms with E-state index in [4.69, 9.17) is 10.8 Å². The zero-order valence-electron chi connectivity index (χ0n) is 19.1. The number of nitrogens with one attached hydrogen (secondary N) is 3. The largest absolute Gasteiger partial charge is 0.481 e. The van der Waals surface area contributed by atoms with Gasteiger partial charge in [-0.15, -0.1) is 0 Å². The molecule has 0 saturated heterocycles. The zero-order valence-corrected chi connectivity index (χ0v) is 19.1. The Bertz CT molecular complexity index is 681. The smallest absolute Gasteiger partial charge is 0.326 e. The van der Waals surface area contributed by atoms with E-state index < -0.39 is 65.8 Å². The molecule has 184 valence electrons. The van der Waals surface area contributed by atoms with Crippen LogP contribution in [-0.4, -0.2) is 75.3 Å². The number of rotatable bonds is 14. The number of nitrogens with two attached hydrogens (primary N) is 1. The third-order valence-electron chi connectivity index (χ3n) is 4.64. The lowest BCUT2D eigenvalue weighted by molar-refractivity contribution is -0.144. The van der Waals surface area contributed by atoms with Gasteiger partial charge in [0.1, 0.15) is 18.1 Å². The first-order chi connectivity index (χ1) is 14.7. The molecule has 32 heavy (non-hydrogen) atoms. The number of carbonyl (C=O) groups excluding carboxylic acids is 3. The molecular weight excluding hydrogens is 424 g/mol. The van der Waals surface area contributed by atoms with Gasteiger partial charge < -0.3 is 37.0 Å². The number of aliphatic hydroxyl groups is 1.